The minimum absolute atomic E-state index is 0.0789. The van der Waals surface area contributed by atoms with Gasteiger partial charge in [-0.05, 0) is 30.4 Å². The van der Waals surface area contributed by atoms with Gasteiger partial charge in [0, 0.05) is 20.2 Å². The molecule has 0 saturated carbocycles. The summed E-state index contributed by atoms with van der Waals surface area (Å²) < 4.78 is 18.8. The molecule has 6 heteroatoms. The van der Waals surface area contributed by atoms with Gasteiger partial charge in [0.15, 0.2) is 11.6 Å². The summed E-state index contributed by atoms with van der Waals surface area (Å²) in [4.78, 5) is 9.49. The molecule has 4 nitrogen and oxygen atoms in total. The molecule has 0 amide bonds. The third-order valence-corrected chi connectivity index (χ3v) is 3.10. The first-order valence-electron chi connectivity index (χ1n) is 5.62. The van der Waals surface area contributed by atoms with Crippen molar-refractivity contribution in [1.82, 2.24) is 9.97 Å². The van der Waals surface area contributed by atoms with Gasteiger partial charge >= 0.3 is 0 Å². The van der Waals surface area contributed by atoms with Crippen molar-refractivity contribution in [1.29, 1.82) is 0 Å². The van der Waals surface area contributed by atoms with Gasteiger partial charge in [0.05, 0.1) is 12.8 Å². The number of halogens is 2. The zero-order valence-electron chi connectivity index (χ0n) is 9.70. The van der Waals surface area contributed by atoms with Crippen molar-refractivity contribution in [3.63, 3.8) is 0 Å². The number of nitrogens with zero attached hydrogens (tertiary/aromatic N) is 3. The highest BCUT2D eigenvalue weighted by Gasteiger charge is 2.23. The lowest BCUT2D eigenvalue weighted by molar-refractivity contribution is 0.143. The molecule has 2 heterocycles. The van der Waals surface area contributed by atoms with Crippen LogP contribution in [0.1, 0.15) is 12.8 Å². The minimum Gasteiger partial charge on any atom is -0.384 e. The lowest BCUT2D eigenvalue weighted by Crippen LogP contribution is -2.38. The second-order valence-corrected chi connectivity index (χ2v) is 4.56. The van der Waals surface area contributed by atoms with Crippen molar-refractivity contribution in [2.24, 2.45) is 5.92 Å². The van der Waals surface area contributed by atoms with Crippen LogP contribution in [-0.4, -0.2) is 36.8 Å². The molecule has 1 atom stereocenters. The number of methoxy groups -OCH3 is 1. The molecule has 1 aromatic heterocycles. The molecule has 0 radical (unpaired) electrons. The molecule has 2 rings (SSSR count). The van der Waals surface area contributed by atoms with E-state index in [4.69, 9.17) is 16.3 Å². The molecule has 1 saturated heterocycles. The predicted molar refractivity (Wildman–Crippen MR) is 63.8 cm³/mol. The first-order chi connectivity index (χ1) is 8.20. The average Bonchev–Trinajstić information content (AvgIpc) is 2.33. The van der Waals surface area contributed by atoms with Gasteiger partial charge in [-0.2, -0.15) is 4.98 Å². The van der Waals surface area contributed by atoms with E-state index in [1.807, 2.05) is 4.90 Å². The van der Waals surface area contributed by atoms with E-state index >= 15 is 0 Å². The van der Waals surface area contributed by atoms with E-state index in [0.29, 0.717) is 18.3 Å². The maximum atomic E-state index is 13.6. The first kappa shape index (κ1) is 12.5. The third kappa shape index (κ3) is 3.04. The molecular formula is C11H15ClFN3O. The van der Waals surface area contributed by atoms with Crippen LogP contribution in [0.2, 0.25) is 5.28 Å². The van der Waals surface area contributed by atoms with Crippen LogP contribution in [0, 0.1) is 11.7 Å². The van der Waals surface area contributed by atoms with Crippen LogP contribution < -0.4 is 4.90 Å². The Bertz CT molecular complexity index is 389. The smallest absolute Gasteiger partial charge is 0.224 e. The van der Waals surface area contributed by atoms with Crippen LogP contribution in [0.25, 0.3) is 0 Å². The summed E-state index contributed by atoms with van der Waals surface area (Å²) >= 11 is 5.69. The van der Waals surface area contributed by atoms with E-state index < -0.39 is 5.82 Å². The topological polar surface area (TPSA) is 38.2 Å². The summed E-state index contributed by atoms with van der Waals surface area (Å²) in [6, 6.07) is 0. The SMILES string of the molecule is COCC1CCCN(c2nc(Cl)ncc2F)C1. The fourth-order valence-electron chi connectivity index (χ4n) is 2.19. The number of aromatic nitrogens is 2. The highest BCUT2D eigenvalue weighted by atomic mass is 35.5. The highest BCUT2D eigenvalue weighted by Crippen LogP contribution is 2.24. The number of piperidine rings is 1. The molecule has 17 heavy (non-hydrogen) atoms. The Morgan fingerprint density at radius 1 is 1.65 bits per heavy atom. The minimum atomic E-state index is -0.424. The number of ether oxygens (including phenoxy) is 1. The van der Waals surface area contributed by atoms with Crippen LogP contribution in [0.3, 0.4) is 0 Å². The summed E-state index contributed by atoms with van der Waals surface area (Å²) in [6.45, 7) is 2.24. The van der Waals surface area contributed by atoms with E-state index in [9.17, 15) is 4.39 Å². The molecule has 1 fully saturated rings. The number of hydrogen-bond donors (Lipinski definition) is 0. The standard InChI is InChI=1S/C11H15ClFN3O/c1-17-7-8-3-2-4-16(6-8)10-9(13)5-14-11(12)15-10/h5,8H,2-4,6-7H2,1H3. The van der Waals surface area contributed by atoms with E-state index in [-0.39, 0.29) is 5.28 Å². The molecule has 0 aromatic carbocycles. The van der Waals surface area contributed by atoms with Crippen LogP contribution in [0.4, 0.5) is 10.2 Å². The Morgan fingerprint density at radius 3 is 3.24 bits per heavy atom. The Hall–Kier alpha value is -0.940. The number of rotatable bonds is 3. The van der Waals surface area contributed by atoms with Crippen molar-refractivity contribution in [2.75, 3.05) is 31.7 Å². The van der Waals surface area contributed by atoms with Gasteiger partial charge in [-0.1, -0.05) is 0 Å². The fourth-order valence-corrected chi connectivity index (χ4v) is 2.32. The molecule has 1 aliphatic heterocycles. The molecule has 0 bridgehead atoms. The van der Waals surface area contributed by atoms with Crippen molar-refractivity contribution in [2.45, 2.75) is 12.8 Å². The van der Waals surface area contributed by atoms with Gasteiger partial charge < -0.3 is 9.64 Å². The Morgan fingerprint density at radius 2 is 2.47 bits per heavy atom. The maximum absolute atomic E-state index is 13.6. The molecular weight excluding hydrogens is 245 g/mol. The van der Waals surface area contributed by atoms with Gasteiger partial charge in [0.2, 0.25) is 5.28 Å². The van der Waals surface area contributed by atoms with Gasteiger partial charge in [-0.15, -0.1) is 0 Å². The van der Waals surface area contributed by atoms with E-state index in [2.05, 4.69) is 9.97 Å². The summed E-state index contributed by atoms with van der Waals surface area (Å²) in [6.07, 6.45) is 3.23. The number of anilines is 1. The van der Waals surface area contributed by atoms with Crippen molar-refractivity contribution in [3.05, 3.63) is 17.3 Å². The van der Waals surface area contributed by atoms with Gasteiger partial charge in [-0.25, -0.2) is 9.37 Å². The van der Waals surface area contributed by atoms with Crippen molar-refractivity contribution in [3.8, 4) is 0 Å². The normalized spacial score (nSPS) is 20.6. The van der Waals surface area contributed by atoms with Gasteiger partial charge in [0.1, 0.15) is 0 Å². The maximum Gasteiger partial charge on any atom is 0.224 e. The van der Waals surface area contributed by atoms with Crippen LogP contribution in [-0.2, 0) is 4.74 Å². The summed E-state index contributed by atoms with van der Waals surface area (Å²) in [5.41, 5.74) is 0. The van der Waals surface area contributed by atoms with E-state index in [0.717, 1.165) is 32.1 Å². The molecule has 0 aliphatic carbocycles. The predicted octanol–water partition coefficient (Wildman–Crippen LogP) is 2.13. The average molecular weight is 260 g/mol. The van der Waals surface area contributed by atoms with Crippen molar-refractivity contribution >= 4 is 17.4 Å². The van der Waals surface area contributed by atoms with Crippen LogP contribution in [0.15, 0.2) is 6.20 Å². The van der Waals surface area contributed by atoms with E-state index in [1.165, 1.54) is 0 Å². The Labute approximate surface area is 105 Å². The summed E-state index contributed by atoms with van der Waals surface area (Å²) in [5, 5.41) is 0.0789. The molecule has 1 aromatic rings. The molecule has 94 valence electrons. The van der Waals surface area contributed by atoms with Crippen molar-refractivity contribution < 1.29 is 9.13 Å². The Kier molecular flexibility index (Phi) is 4.12. The lowest BCUT2D eigenvalue weighted by atomic mass is 9.99. The fraction of sp³-hybridized carbons (Fsp3) is 0.636. The summed E-state index contributed by atoms with van der Waals surface area (Å²) in [5.74, 6) is 0.292. The molecule has 1 unspecified atom stereocenters. The van der Waals surface area contributed by atoms with Gasteiger partial charge in [0.25, 0.3) is 0 Å². The monoisotopic (exact) mass is 259 g/mol. The first-order valence-corrected chi connectivity index (χ1v) is 6.00. The van der Waals surface area contributed by atoms with Gasteiger partial charge in [-0.3, -0.25) is 0 Å². The second kappa shape index (κ2) is 5.60. The summed E-state index contributed by atoms with van der Waals surface area (Å²) in [7, 11) is 1.68. The number of hydrogen-bond acceptors (Lipinski definition) is 4. The Balaban J connectivity index is 2.13. The zero-order valence-corrected chi connectivity index (χ0v) is 10.5. The largest absolute Gasteiger partial charge is 0.384 e. The highest BCUT2D eigenvalue weighted by molar-refractivity contribution is 6.28. The zero-order chi connectivity index (χ0) is 12.3. The quantitative estimate of drug-likeness (QED) is 0.780. The van der Waals surface area contributed by atoms with Crippen LogP contribution >= 0.6 is 11.6 Å². The molecule has 0 spiro atoms. The lowest BCUT2D eigenvalue weighted by Gasteiger charge is -2.33. The van der Waals surface area contributed by atoms with Crippen LogP contribution in [0.5, 0.6) is 0 Å². The second-order valence-electron chi connectivity index (χ2n) is 4.22. The molecule has 1 aliphatic rings. The third-order valence-electron chi connectivity index (χ3n) is 2.92. The molecule has 0 N–H and O–H groups in total. The van der Waals surface area contributed by atoms with E-state index in [1.54, 1.807) is 7.11 Å².